The van der Waals surface area contributed by atoms with Crippen LogP contribution in [0.4, 0.5) is 5.69 Å². The molecule has 3 aromatic rings. The summed E-state index contributed by atoms with van der Waals surface area (Å²) in [6, 6.07) is 8.95. The van der Waals surface area contributed by atoms with Gasteiger partial charge in [0.2, 0.25) is 5.75 Å². The van der Waals surface area contributed by atoms with Crippen LogP contribution < -0.4 is 19.9 Å². The predicted molar refractivity (Wildman–Crippen MR) is 82.9 cm³/mol. The number of fused-ring (bicyclic) bond motifs is 1. The van der Waals surface area contributed by atoms with Crippen LogP contribution in [0.2, 0.25) is 0 Å². The van der Waals surface area contributed by atoms with Crippen LogP contribution in [0.5, 0.6) is 17.2 Å². The van der Waals surface area contributed by atoms with E-state index in [0.717, 1.165) is 5.52 Å². The van der Waals surface area contributed by atoms with Gasteiger partial charge in [0.25, 0.3) is 0 Å². The highest BCUT2D eigenvalue weighted by Gasteiger charge is 2.15. The first kappa shape index (κ1) is 14.0. The van der Waals surface area contributed by atoms with Gasteiger partial charge >= 0.3 is 0 Å². The fraction of sp³-hybridized carbons (Fsp3) is 0.200. The van der Waals surface area contributed by atoms with Crippen LogP contribution in [-0.2, 0) is 0 Å². The van der Waals surface area contributed by atoms with Gasteiger partial charge < -0.3 is 19.9 Å². The second kappa shape index (κ2) is 5.44. The fourth-order valence-electron chi connectivity index (χ4n) is 2.23. The highest BCUT2D eigenvalue weighted by atomic mass is 16.5. The molecule has 7 nitrogen and oxygen atoms in total. The highest BCUT2D eigenvalue weighted by Crippen LogP contribution is 2.39. The van der Waals surface area contributed by atoms with Crippen LogP contribution in [0, 0.1) is 0 Å². The first-order valence-electron chi connectivity index (χ1n) is 6.59. The molecule has 2 aromatic carbocycles. The summed E-state index contributed by atoms with van der Waals surface area (Å²) in [6.45, 7) is 0. The minimum absolute atomic E-state index is 0.523. The van der Waals surface area contributed by atoms with Crippen molar-refractivity contribution in [3.05, 3.63) is 30.3 Å². The maximum absolute atomic E-state index is 5.77. The Balaban J connectivity index is 2.17. The summed E-state index contributed by atoms with van der Waals surface area (Å²) in [4.78, 5) is 1.51. The van der Waals surface area contributed by atoms with E-state index in [-0.39, 0.29) is 0 Å². The molecule has 0 amide bonds. The summed E-state index contributed by atoms with van der Waals surface area (Å²) in [7, 11) is 4.69. The Kier molecular flexibility index (Phi) is 3.46. The molecule has 0 saturated heterocycles. The third kappa shape index (κ3) is 2.26. The number of aromatic nitrogens is 3. The van der Waals surface area contributed by atoms with Crippen molar-refractivity contribution in [2.75, 3.05) is 27.1 Å². The SMILES string of the molecule is COc1cc(-n2nc3ccc(N)cc3n2)cc(OC)c1OC. The van der Waals surface area contributed by atoms with Crippen molar-refractivity contribution in [1.29, 1.82) is 0 Å². The zero-order chi connectivity index (χ0) is 15.7. The number of nitrogens with zero attached hydrogens (tertiary/aromatic N) is 3. The quantitative estimate of drug-likeness (QED) is 0.742. The third-order valence-corrected chi connectivity index (χ3v) is 3.28. The van der Waals surface area contributed by atoms with Crippen LogP contribution >= 0.6 is 0 Å². The Morgan fingerprint density at radius 2 is 1.50 bits per heavy atom. The van der Waals surface area contributed by atoms with Crippen molar-refractivity contribution in [3.63, 3.8) is 0 Å². The van der Waals surface area contributed by atoms with E-state index in [4.69, 9.17) is 19.9 Å². The van der Waals surface area contributed by atoms with Gasteiger partial charge in [-0.3, -0.25) is 0 Å². The van der Waals surface area contributed by atoms with Gasteiger partial charge in [-0.15, -0.1) is 10.2 Å². The molecule has 0 spiro atoms. The van der Waals surface area contributed by atoms with E-state index in [1.54, 1.807) is 45.6 Å². The van der Waals surface area contributed by atoms with Crippen molar-refractivity contribution in [1.82, 2.24) is 15.0 Å². The summed E-state index contributed by atoms with van der Waals surface area (Å²) >= 11 is 0. The fourth-order valence-corrected chi connectivity index (χ4v) is 2.23. The van der Waals surface area contributed by atoms with Crippen molar-refractivity contribution in [3.8, 4) is 22.9 Å². The number of methoxy groups -OCH3 is 3. The molecule has 1 heterocycles. The summed E-state index contributed by atoms with van der Waals surface area (Å²) in [5.41, 5.74) is 8.58. The number of anilines is 1. The van der Waals surface area contributed by atoms with Gasteiger partial charge in [-0.1, -0.05) is 0 Å². The Morgan fingerprint density at radius 3 is 2.09 bits per heavy atom. The Labute approximate surface area is 127 Å². The standard InChI is InChI=1S/C15H16N4O3/c1-20-13-7-10(8-14(21-2)15(13)22-3)19-17-11-5-4-9(16)6-12(11)18-19/h4-8H,16H2,1-3H3. The number of benzene rings is 2. The van der Waals surface area contributed by atoms with E-state index >= 15 is 0 Å². The second-order valence-corrected chi connectivity index (χ2v) is 4.62. The molecule has 0 bridgehead atoms. The summed E-state index contributed by atoms with van der Waals surface area (Å²) < 4.78 is 16.0. The smallest absolute Gasteiger partial charge is 0.203 e. The molecular weight excluding hydrogens is 284 g/mol. The molecule has 0 unspecified atom stereocenters. The van der Waals surface area contributed by atoms with Crippen molar-refractivity contribution in [2.24, 2.45) is 0 Å². The summed E-state index contributed by atoms with van der Waals surface area (Å²) in [6.07, 6.45) is 0. The number of ether oxygens (including phenoxy) is 3. The van der Waals surface area contributed by atoms with E-state index in [1.165, 1.54) is 4.80 Å². The van der Waals surface area contributed by atoms with Crippen LogP contribution in [0.1, 0.15) is 0 Å². The Bertz CT molecular complexity index is 804. The third-order valence-electron chi connectivity index (χ3n) is 3.28. The maximum Gasteiger partial charge on any atom is 0.203 e. The van der Waals surface area contributed by atoms with Crippen LogP contribution in [0.3, 0.4) is 0 Å². The Morgan fingerprint density at radius 1 is 0.864 bits per heavy atom. The molecule has 0 atom stereocenters. The van der Waals surface area contributed by atoms with Gasteiger partial charge in [0.15, 0.2) is 11.5 Å². The summed E-state index contributed by atoms with van der Waals surface area (Å²) in [5, 5.41) is 8.85. The van der Waals surface area contributed by atoms with Gasteiger partial charge in [-0.2, -0.15) is 4.80 Å². The monoisotopic (exact) mass is 300 g/mol. The zero-order valence-electron chi connectivity index (χ0n) is 12.5. The van der Waals surface area contributed by atoms with Crippen LogP contribution in [0.15, 0.2) is 30.3 Å². The van der Waals surface area contributed by atoms with E-state index < -0.39 is 0 Å². The van der Waals surface area contributed by atoms with E-state index in [2.05, 4.69) is 10.2 Å². The van der Waals surface area contributed by atoms with Gasteiger partial charge in [-0.05, 0) is 18.2 Å². The van der Waals surface area contributed by atoms with Gasteiger partial charge in [0.1, 0.15) is 11.0 Å². The molecule has 0 saturated carbocycles. The molecule has 0 radical (unpaired) electrons. The number of rotatable bonds is 4. The van der Waals surface area contributed by atoms with Crippen molar-refractivity contribution < 1.29 is 14.2 Å². The van der Waals surface area contributed by atoms with Gasteiger partial charge in [0, 0.05) is 17.8 Å². The Hall–Kier alpha value is -2.96. The van der Waals surface area contributed by atoms with Crippen molar-refractivity contribution >= 4 is 16.7 Å². The van der Waals surface area contributed by atoms with E-state index in [1.807, 2.05) is 6.07 Å². The van der Waals surface area contributed by atoms with Crippen molar-refractivity contribution in [2.45, 2.75) is 0 Å². The summed E-state index contributed by atoms with van der Waals surface area (Å²) in [5.74, 6) is 1.60. The lowest BCUT2D eigenvalue weighted by Gasteiger charge is -2.13. The molecule has 0 aliphatic heterocycles. The average Bonchev–Trinajstić information content (AvgIpc) is 2.96. The molecule has 1 aromatic heterocycles. The molecule has 0 aliphatic rings. The largest absolute Gasteiger partial charge is 0.493 e. The maximum atomic E-state index is 5.77. The van der Waals surface area contributed by atoms with E-state index in [9.17, 15) is 0 Å². The topological polar surface area (TPSA) is 84.4 Å². The average molecular weight is 300 g/mol. The predicted octanol–water partition coefficient (Wildman–Crippen LogP) is 2.03. The van der Waals surface area contributed by atoms with Crippen LogP contribution in [-0.4, -0.2) is 36.3 Å². The zero-order valence-corrected chi connectivity index (χ0v) is 12.5. The lowest BCUT2D eigenvalue weighted by molar-refractivity contribution is 0.324. The minimum atomic E-state index is 0.523. The number of nitrogens with two attached hydrogens (primary N) is 1. The number of hydrogen-bond donors (Lipinski definition) is 1. The molecule has 2 N–H and O–H groups in total. The molecule has 7 heteroatoms. The van der Waals surface area contributed by atoms with Crippen LogP contribution in [0.25, 0.3) is 16.7 Å². The molecule has 114 valence electrons. The number of hydrogen-bond acceptors (Lipinski definition) is 6. The normalized spacial score (nSPS) is 10.7. The molecule has 22 heavy (non-hydrogen) atoms. The first-order chi connectivity index (χ1) is 10.7. The lowest BCUT2D eigenvalue weighted by Crippen LogP contribution is -2.02. The minimum Gasteiger partial charge on any atom is -0.493 e. The lowest BCUT2D eigenvalue weighted by atomic mass is 10.2. The van der Waals surface area contributed by atoms with Gasteiger partial charge in [-0.25, -0.2) is 0 Å². The molecular formula is C15H16N4O3. The van der Waals surface area contributed by atoms with Gasteiger partial charge in [0.05, 0.1) is 27.0 Å². The molecule has 0 aliphatic carbocycles. The number of nitrogen functional groups attached to an aromatic ring is 1. The highest BCUT2D eigenvalue weighted by molar-refractivity contribution is 5.77. The van der Waals surface area contributed by atoms with E-state index in [0.29, 0.717) is 34.1 Å². The first-order valence-corrected chi connectivity index (χ1v) is 6.59. The molecule has 0 fully saturated rings. The molecule has 3 rings (SSSR count). The second-order valence-electron chi connectivity index (χ2n) is 4.62.